The molecule has 0 atom stereocenters. The van der Waals surface area contributed by atoms with Crippen LogP contribution in [-0.4, -0.2) is 30.3 Å². The van der Waals surface area contributed by atoms with Crippen molar-refractivity contribution in [3.05, 3.63) is 0 Å². The van der Waals surface area contributed by atoms with E-state index >= 15 is 0 Å². The predicted molar refractivity (Wildman–Crippen MR) is 53.1 cm³/mol. The molecule has 15 heavy (non-hydrogen) atoms. The molecule has 6 heteroatoms. The van der Waals surface area contributed by atoms with Crippen molar-refractivity contribution in [3.8, 4) is 0 Å². The van der Waals surface area contributed by atoms with Crippen LogP contribution in [0.15, 0.2) is 0 Å². The van der Waals surface area contributed by atoms with Gasteiger partial charge in [0.15, 0.2) is 0 Å². The van der Waals surface area contributed by atoms with Crippen LogP contribution in [0.1, 0.15) is 27.7 Å². The number of nitrogens with two attached hydrogens (primary N) is 1. The van der Waals surface area contributed by atoms with Gasteiger partial charge in [0.2, 0.25) is 5.91 Å². The average Bonchev–Trinajstić information content (AvgIpc) is 2.16. The Bertz CT molecular complexity index is 234. The topological polar surface area (TPSA) is 81.9 Å². The molecule has 0 aliphatic rings. The second-order valence-corrected chi connectivity index (χ2v) is 3.39. The third-order valence-electron chi connectivity index (χ3n) is 1.81. The predicted octanol–water partition coefficient (Wildman–Crippen LogP) is 0.230. The fraction of sp³-hybridized carbons (Fsp3) is 0.778. The van der Waals surface area contributed by atoms with E-state index in [1.165, 1.54) is 13.8 Å². The van der Waals surface area contributed by atoms with Crippen LogP contribution in [0.25, 0.3) is 0 Å². The molecule has 0 spiro atoms. The number of amides is 2. The number of carbonyl (C=O) groups excluding carboxylic acids is 2. The van der Waals surface area contributed by atoms with Gasteiger partial charge in [-0.2, -0.15) is 0 Å². The molecular weight excluding hydrogens is 200 g/mol. The molecular formula is C9H18N2O4. The van der Waals surface area contributed by atoms with Crippen molar-refractivity contribution >= 4 is 11.8 Å². The van der Waals surface area contributed by atoms with E-state index in [1.54, 1.807) is 13.8 Å². The molecule has 6 nitrogen and oxygen atoms in total. The van der Waals surface area contributed by atoms with Crippen LogP contribution in [-0.2, 0) is 19.3 Å². The quantitative estimate of drug-likeness (QED) is 0.511. The highest BCUT2D eigenvalue weighted by Crippen LogP contribution is 2.18. The Hall–Kier alpha value is -1.14. The highest BCUT2D eigenvalue weighted by atomic mass is 17.0. The van der Waals surface area contributed by atoms with Gasteiger partial charge in [0.25, 0.3) is 5.91 Å². The normalized spacial score (nSPS) is 11.2. The van der Waals surface area contributed by atoms with Crippen LogP contribution < -0.4 is 5.73 Å². The zero-order valence-electron chi connectivity index (χ0n) is 9.57. The molecule has 0 unspecified atom stereocenters. The van der Waals surface area contributed by atoms with Crippen molar-refractivity contribution in [2.24, 2.45) is 11.1 Å². The largest absolute Gasteiger partial charge is 0.369 e. The van der Waals surface area contributed by atoms with Crippen LogP contribution in [0.2, 0.25) is 0 Å². The molecule has 0 rings (SSSR count). The van der Waals surface area contributed by atoms with Crippen molar-refractivity contribution < 1.29 is 19.3 Å². The SMILES string of the molecule is CCON(OCC)C(=O)C(C)(C)C(N)=O. The first kappa shape index (κ1) is 13.9. The molecule has 0 heterocycles. The van der Waals surface area contributed by atoms with Crippen LogP contribution in [0.5, 0.6) is 0 Å². The highest BCUT2D eigenvalue weighted by Gasteiger charge is 2.39. The molecule has 0 aromatic heterocycles. The van der Waals surface area contributed by atoms with E-state index in [0.717, 1.165) is 0 Å². The van der Waals surface area contributed by atoms with Gasteiger partial charge in [0.05, 0.1) is 13.2 Å². The molecule has 0 aliphatic carbocycles. The van der Waals surface area contributed by atoms with Gasteiger partial charge in [0, 0.05) is 0 Å². The standard InChI is InChI=1S/C9H18N2O4/c1-5-14-11(15-6-2)8(13)9(3,4)7(10)12/h5-6H2,1-4H3,(H2,10,12). The van der Waals surface area contributed by atoms with Crippen molar-refractivity contribution in [2.45, 2.75) is 27.7 Å². The molecule has 0 aliphatic heterocycles. The Labute approximate surface area is 89.2 Å². The monoisotopic (exact) mass is 218 g/mol. The second kappa shape index (κ2) is 5.67. The zero-order valence-corrected chi connectivity index (χ0v) is 9.57. The third-order valence-corrected chi connectivity index (χ3v) is 1.81. The van der Waals surface area contributed by atoms with Gasteiger partial charge < -0.3 is 5.73 Å². The maximum Gasteiger partial charge on any atom is 0.288 e. The van der Waals surface area contributed by atoms with Crippen molar-refractivity contribution in [2.75, 3.05) is 13.2 Å². The number of rotatable bonds is 6. The highest BCUT2D eigenvalue weighted by molar-refractivity contribution is 6.02. The van der Waals surface area contributed by atoms with Gasteiger partial charge in [-0.25, -0.2) is 9.68 Å². The molecule has 0 radical (unpaired) electrons. The molecule has 88 valence electrons. The van der Waals surface area contributed by atoms with Gasteiger partial charge >= 0.3 is 0 Å². The van der Waals surface area contributed by atoms with E-state index in [9.17, 15) is 9.59 Å². The molecule has 0 aromatic rings. The molecule has 2 N–H and O–H groups in total. The minimum absolute atomic E-state index is 0.264. The lowest BCUT2D eigenvalue weighted by atomic mass is 9.92. The summed E-state index contributed by atoms with van der Waals surface area (Å²) in [6, 6.07) is 0. The molecule has 0 fully saturated rings. The first-order chi connectivity index (χ1) is 6.87. The summed E-state index contributed by atoms with van der Waals surface area (Å²) in [5, 5.41) is 0.713. The number of hydrogen-bond donors (Lipinski definition) is 1. The minimum Gasteiger partial charge on any atom is -0.369 e. The van der Waals surface area contributed by atoms with E-state index in [1.807, 2.05) is 0 Å². The van der Waals surface area contributed by atoms with Crippen LogP contribution in [0.4, 0.5) is 0 Å². The van der Waals surface area contributed by atoms with Crippen LogP contribution in [0.3, 0.4) is 0 Å². The van der Waals surface area contributed by atoms with Gasteiger partial charge in [-0.1, -0.05) is 5.23 Å². The lowest BCUT2D eigenvalue weighted by Crippen LogP contribution is -2.47. The van der Waals surface area contributed by atoms with Crippen molar-refractivity contribution in [1.29, 1.82) is 0 Å². The van der Waals surface area contributed by atoms with Crippen molar-refractivity contribution in [3.63, 3.8) is 0 Å². The number of nitrogens with zero attached hydrogens (tertiary/aromatic N) is 1. The average molecular weight is 218 g/mol. The molecule has 2 amide bonds. The van der Waals surface area contributed by atoms with Gasteiger partial charge in [-0.05, 0) is 27.7 Å². The molecule has 0 saturated heterocycles. The Morgan fingerprint density at radius 1 is 1.20 bits per heavy atom. The fourth-order valence-corrected chi connectivity index (χ4v) is 0.723. The summed E-state index contributed by atoms with van der Waals surface area (Å²) in [6.45, 7) is 6.78. The summed E-state index contributed by atoms with van der Waals surface area (Å²) >= 11 is 0. The van der Waals surface area contributed by atoms with Gasteiger partial charge in [-0.3, -0.25) is 9.59 Å². The Morgan fingerprint density at radius 3 is 1.87 bits per heavy atom. The Morgan fingerprint density at radius 2 is 1.60 bits per heavy atom. The lowest BCUT2D eigenvalue weighted by Gasteiger charge is -2.26. The van der Waals surface area contributed by atoms with Gasteiger partial charge in [-0.15, -0.1) is 0 Å². The van der Waals surface area contributed by atoms with E-state index in [2.05, 4.69) is 0 Å². The van der Waals surface area contributed by atoms with E-state index in [4.69, 9.17) is 15.4 Å². The van der Waals surface area contributed by atoms with Crippen molar-refractivity contribution in [1.82, 2.24) is 5.23 Å². The summed E-state index contributed by atoms with van der Waals surface area (Å²) in [6.07, 6.45) is 0. The lowest BCUT2D eigenvalue weighted by molar-refractivity contribution is -0.342. The Kier molecular flexibility index (Phi) is 5.24. The van der Waals surface area contributed by atoms with E-state index in [-0.39, 0.29) is 13.2 Å². The maximum absolute atomic E-state index is 11.8. The first-order valence-electron chi connectivity index (χ1n) is 4.78. The van der Waals surface area contributed by atoms with Crippen LogP contribution >= 0.6 is 0 Å². The summed E-state index contributed by atoms with van der Waals surface area (Å²) in [7, 11) is 0. The number of hydrogen-bond acceptors (Lipinski definition) is 4. The summed E-state index contributed by atoms with van der Waals surface area (Å²) in [4.78, 5) is 32.7. The molecule has 0 saturated carbocycles. The third kappa shape index (κ3) is 3.49. The Balaban J connectivity index is 4.68. The second-order valence-electron chi connectivity index (χ2n) is 3.39. The summed E-state index contributed by atoms with van der Waals surface area (Å²) < 4.78 is 0. The minimum atomic E-state index is -1.34. The summed E-state index contributed by atoms with van der Waals surface area (Å²) in [5.41, 5.74) is 3.76. The number of primary amides is 1. The number of hydroxylamine groups is 2. The maximum atomic E-state index is 11.8. The zero-order chi connectivity index (χ0) is 12.1. The summed E-state index contributed by atoms with van der Waals surface area (Å²) in [5.74, 6) is -1.34. The van der Waals surface area contributed by atoms with E-state index < -0.39 is 17.2 Å². The smallest absolute Gasteiger partial charge is 0.288 e. The van der Waals surface area contributed by atoms with Crippen LogP contribution in [0, 0.1) is 5.41 Å². The van der Waals surface area contributed by atoms with Gasteiger partial charge in [0.1, 0.15) is 5.41 Å². The fourth-order valence-electron chi connectivity index (χ4n) is 0.723. The van der Waals surface area contributed by atoms with E-state index in [0.29, 0.717) is 5.23 Å². The molecule has 0 bridgehead atoms. The first-order valence-corrected chi connectivity index (χ1v) is 4.78. The number of carbonyl (C=O) groups is 2. The molecule has 0 aromatic carbocycles.